The van der Waals surface area contributed by atoms with Gasteiger partial charge in [0.1, 0.15) is 11.5 Å². The number of nitrogens with zero attached hydrogens (tertiary/aromatic N) is 1. The summed E-state index contributed by atoms with van der Waals surface area (Å²) < 4.78 is 23.5. The Morgan fingerprint density at radius 2 is 1.79 bits per heavy atom. The standard InChI is InChI=1S/C20H18FN3O4/c1-27-17-8-3-12(9-18(17)28-2)11-22-19(25)16-10-15(23-20(26)24-16)13-4-6-14(21)7-5-13/h3-10H,11H2,1-2H3,(H,22,25)(H,23,24,26). The van der Waals surface area contributed by atoms with E-state index in [1.165, 1.54) is 44.6 Å². The summed E-state index contributed by atoms with van der Waals surface area (Å²) >= 11 is 0. The molecule has 0 bridgehead atoms. The Morgan fingerprint density at radius 3 is 2.46 bits per heavy atom. The van der Waals surface area contributed by atoms with Crippen molar-refractivity contribution in [2.45, 2.75) is 6.54 Å². The lowest BCUT2D eigenvalue weighted by Crippen LogP contribution is -2.27. The van der Waals surface area contributed by atoms with E-state index in [0.717, 1.165) is 5.56 Å². The van der Waals surface area contributed by atoms with Crippen molar-refractivity contribution < 1.29 is 18.7 Å². The molecule has 2 aromatic carbocycles. The number of hydrogen-bond acceptors (Lipinski definition) is 5. The molecule has 0 spiro atoms. The zero-order valence-electron chi connectivity index (χ0n) is 15.3. The van der Waals surface area contributed by atoms with Crippen LogP contribution >= 0.6 is 0 Å². The number of aromatic amines is 1. The molecule has 8 heteroatoms. The third-order valence-corrected chi connectivity index (χ3v) is 4.03. The van der Waals surface area contributed by atoms with E-state index in [1.807, 2.05) is 0 Å². The van der Waals surface area contributed by atoms with Gasteiger partial charge < -0.3 is 19.8 Å². The second-order valence-corrected chi connectivity index (χ2v) is 5.86. The van der Waals surface area contributed by atoms with Crippen molar-refractivity contribution in [1.82, 2.24) is 15.3 Å². The average Bonchev–Trinajstić information content (AvgIpc) is 2.71. The van der Waals surface area contributed by atoms with Gasteiger partial charge in [-0.05, 0) is 48.0 Å². The minimum atomic E-state index is -0.668. The smallest absolute Gasteiger partial charge is 0.346 e. The first-order valence-electron chi connectivity index (χ1n) is 8.36. The van der Waals surface area contributed by atoms with Crippen molar-refractivity contribution in [3.63, 3.8) is 0 Å². The highest BCUT2D eigenvalue weighted by Crippen LogP contribution is 2.27. The van der Waals surface area contributed by atoms with Crippen LogP contribution < -0.4 is 20.5 Å². The maximum atomic E-state index is 13.1. The predicted octanol–water partition coefficient (Wildman–Crippen LogP) is 2.52. The van der Waals surface area contributed by atoms with E-state index in [0.29, 0.717) is 17.1 Å². The molecule has 0 radical (unpaired) electrons. The number of H-pyrrole nitrogens is 1. The molecule has 0 aliphatic rings. The van der Waals surface area contributed by atoms with Gasteiger partial charge in [-0.2, -0.15) is 4.98 Å². The van der Waals surface area contributed by atoms with Crippen LogP contribution in [0.2, 0.25) is 0 Å². The van der Waals surface area contributed by atoms with Gasteiger partial charge in [0, 0.05) is 12.1 Å². The molecule has 0 saturated carbocycles. The third-order valence-electron chi connectivity index (χ3n) is 4.03. The summed E-state index contributed by atoms with van der Waals surface area (Å²) in [5.41, 5.74) is 0.987. The summed E-state index contributed by atoms with van der Waals surface area (Å²) in [7, 11) is 3.07. The van der Waals surface area contributed by atoms with Crippen LogP contribution in [-0.2, 0) is 6.54 Å². The number of nitrogens with one attached hydrogen (secondary N) is 2. The van der Waals surface area contributed by atoms with Crippen LogP contribution in [0.3, 0.4) is 0 Å². The lowest BCUT2D eigenvalue weighted by atomic mass is 10.1. The molecular formula is C20H18FN3O4. The fourth-order valence-electron chi connectivity index (χ4n) is 2.62. The Labute approximate surface area is 160 Å². The van der Waals surface area contributed by atoms with Crippen molar-refractivity contribution >= 4 is 5.91 Å². The maximum Gasteiger partial charge on any atom is 0.346 e. The highest BCUT2D eigenvalue weighted by Gasteiger charge is 2.12. The lowest BCUT2D eigenvalue weighted by molar-refractivity contribution is 0.0945. The topological polar surface area (TPSA) is 93.3 Å². The zero-order chi connectivity index (χ0) is 20.1. The number of methoxy groups -OCH3 is 2. The molecule has 1 aromatic heterocycles. The van der Waals surface area contributed by atoms with E-state index >= 15 is 0 Å². The van der Waals surface area contributed by atoms with Crippen molar-refractivity contribution in [2.24, 2.45) is 0 Å². The molecule has 1 amide bonds. The normalized spacial score (nSPS) is 10.4. The van der Waals surface area contributed by atoms with Gasteiger partial charge in [-0.15, -0.1) is 0 Å². The zero-order valence-corrected chi connectivity index (χ0v) is 15.3. The number of benzene rings is 2. The highest BCUT2D eigenvalue weighted by atomic mass is 19.1. The summed E-state index contributed by atoms with van der Waals surface area (Å²) in [5.74, 6) is 0.254. The van der Waals surface area contributed by atoms with Crippen LogP contribution in [-0.4, -0.2) is 30.1 Å². The first-order valence-corrected chi connectivity index (χ1v) is 8.36. The number of aromatic nitrogens is 2. The van der Waals surface area contributed by atoms with Gasteiger partial charge in [-0.1, -0.05) is 6.07 Å². The predicted molar refractivity (Wildman–Crippen MR) is 101 cm³/mol. The molecule has 3 aromatic rings. The second-order valence-electron chi connectivity index (χ2n) is 5.86. The number of amides is 1. The molecule has 144 valence electrons. The first kappa shape index (κ1) is 19.1. The summed E-state index contributed by atoms with van der Waals surface area (Å²) in [6, 6.07) is 12.2. The van der Waals surface area contributed by atoms with Gasteiger partial charge in [-0.25, -0.2) is 9.18 Å². The van der Waals surface area contributed by atoms with E-state index in [1.54, 1.807) is 18.2 Å². The van der Waals surface area contributed by atoms with Crippen LogP contribution in [0.5, 0.6) is 11.5 Å². The molecule has 3 rings (SSSR count). The summed E-state index contributed by atoms with van der Waals surface area (Å²) in [4.78, 5) is 30.5. The SMILES string of the molecule is COc1ccc(CNC(=O)c2cc(-c3ccc(F)cc3)nc(=O)[nH]2)cc1OC. The number of ether oxygens (including phenoxy) is 2. The van der Waals surface area contributed by atoms with Gasteiger partial charge in [0.2, 0.25) is 0 Å². The quantitative estimate of drug-likeness (QED) is 0.682. The lowest BCUT2D eigenvalue weighted by Gasteiger charge is -2.10. The monoisotopic (exact) mass is 383 g/mol. The fourth-order valence-corrected chi connectivity index (χ4v) is 2.62. The van der Waals surface area contributed by atoms with Gasteiger partial charge in [0.25, 0.3) is 5.91 Å². The maximum absolute atomic E-state index is 13.1. The third kappa shape index (κ3) is 4.35. The molecule has 0 aliphatic heterocycles. The molecule has 7 nitrogen and oxygen atoms in total. The number of carbonyl (C=O) groups is 1. The average molecular weight is 383 g/mol. The molecule has 0 unspecified atom stereocenters. The number of rotatable bonds is 6. The highest BCUT2D eigenvalue weighted by molar-refractivity contribution is 5.93. The van der Waals surface area contributed by atoms with Crippen molar-refractivity contribution in [2.75, 3.05) is 14.2 Å². The van der Waals surface area contributed by atoms with E-state index in [4.69, 9.17) is 9.47 Å². The van der Waals surface area contributed by atoms with Crippen LogP contribution in [0, 0.1) is 5.82 Å². The van der Waals surface area contributed by atoms with Crippen molar-refractivity contribution in [3.05, 3.63) is 76.1 Å². The summed E-state index contributed by atoms with van der Waals surface area (Å²) in [6.07, 6.45) is 0. The van der Waals surface area contributed by atoms with Gasteiger partial charge in [0.15, 0.2) is 11.5 Å². The molecule has 0 saturated heterocycles. The largest absolute Gasteiger partial charge is 0.493 e. The van der Waals surface area contributed by atoms with Crippen LogP contribution in [0.15, 0.2) is 53.3 Å². The Morgan fingerprint density at radius 1 is 1.07 bits per heavy atom. The fraction of sp³-hybridized carbons (Fsp3) is 0.150. The molecule has 0 atom stereocenters. The first-order chi connectivity index (χ1) is 13.5. The summed E-state index contributed by atoms with van der Waals surface area (Å²) in [5, 5.41) is 2.73. The number of halogens is 1. The summed E-state index contributed by atoms with van der Waals surface area (Å²) in [6.45, 7) is 0.218. The van der Waals surface area contributed by atoms with E-state index in [2.05, 4.69) is 15.3 Å². The number of hydrogen-bond donors (Lipinski definition) is 2. The Hall–Kier alpha value is -3.68. The number of carbonyl (C=O) groups excluding carboxylic acids is 1. The molecule has 0 aliphatic carbocycles. The Balaban J connectivity index is 1.77. The molecular weight excluding hydrogens is 365 g/mol. The molecule has 28 heavy (non-hydrogen) atoms. The van der Waals surface area contributed by atoms with E-state index in [-0.39, 0.29) is 17.9 Å². The Bertz CT molecular complexity index is 1050. The van der Waals surface area contributed by atoms with E-state index in [9.17, 15) is 14.0 Å². The van der Waals surface area contributed by atoms with Crippen molar-refractivity contribution in [1.29, 1.82) is 0 Å². The molecule has 0 fully saturated rings. The minimum absolute atomic E-state index is 0.0554. The molecule has 1 heterocycles. The Kier molecular flexibility index (Phi) is 5.69. The van der Waals surface area contributed by atoms with Crippen molar-refractivity contribution in [3.8, 4) is 22.8 Å². The van der Waals surface area contributed by atoms with Crippen LogP contribution in [0.25, 0.3) is 11.3 Å². The van der Waals surface area contributed by atoms with Gasteiger partial charge in [0.05, 0.1) is 19.9 Å². The second kappa shape index (κ2) is 8.34. The van der Waals surface area contributed by atoms with Gasteiger partial charge >= 0.3 is 5.69 Å². The molecule has 2 N–H and O–H groups in total. The minimum Gasteiger partial charge on any atom is -0.493 e. The van der Waals surface area contributed by atoms with Crippen LogP contribution in [0.1, 0.15) is 16.1 Å². The van der Waals surface area contributed by atoms with Gasteiger partial charge in [-0.3, -0.25) is 4.79 Å². The van der Waals surface area contributed by atoms with Crippen LogP contribution in [0.4, 0.5) is 4.39 Å². The van der Waals surface area contributed by atoms with E-state index < -0.39 is 17.4 Å².